The molecule has 5 bridgehead atoms. The third kappa shape index (κ3) is 2.28. The molecule has 12 nitrogen and oxygen atoms in total. The Balaban J connectivity index is 1.58. The van der Waals surface area contributed by atoms with Gasteiger partial charge in [0.1, 0.15) is 24.9 Å². The highest BCUT2D eigenvalue weighted by Crippen LogP contribution is 2.72. The van der Waals surface area contributed by atoms with Gasteiger partial charge in [-0.2, -0.15) is 0 Å². The van der Waals surface area contributed by atoms with Crippen molar-refractivity contribution in [2.24, 2.45) is 0 Å². The smallest absolute Gasteiger partial charge is 0.339 e. The van der Waals surface area contributed by atoms with Crippen LogP contribution in [0.5, 0.6) is 0 Å². The quantitative estimate of drug-likeness (QED) is 0.212. The van der Waals surface area contributed by atoms with Crippen LogP contribution in [0, 0.1) is 0 Å². The van der Waals surface area contributed by atoms with Crippen molar-refractivity contribution in [3.8, 4) is 0 Å². The van der Waals surface area contributed by atoms with Gasteiger partial charge in [0.05, 0.1) is 11.1 Å². The minimum absolute atomic E-state index is 0.00981. The number of epoxide rings is 1. The maximum Gasteiger partial charge on any atom is 0.339 e. The van der Waals surface area contributed by atoms with Gasteiger partial charge >= 0.3 is 5.97 Å². The minimum Gasteiger partial charge on any atom is -0.476 e. The van der Waals surface area contributed by atoms with Crippen LogP contribution in [0.3, 0.4) is 0 Å². The SMILES string of the molecule is CO[C@H]1C(=O)OC[C@H](O)c2ccc3c(c2Cl)C24O[C@]5(O)C(=C(C)C(=O)[C@@]16O[C@H]65)OC2([C@H](O)C[C@H]4O)[C@@H]3O. The first-order valence-electron chi connectivity index (χ1n) is 11.7. The fraction of sp³-hybridized carbons (Fsp3) is 0.583. The molecule has 2 unspecified atom stereocenters. The largest absolute Gasteiger partial charge is 0.476 e. The number of cyclic esters (lactones) is 1. The Kier molecular flexibility index (Phi) is 4.46. The topological polar surface area (TPSA) is 185 Å². The number of halogens is 1. The second-order valence-corrected chi connectivity index (χ2v) is 10.7. The Morgan fingerprint density at radius 3 is 2.51 bits per heavy atom. The lowest BCUT2D eigenvalue weighted by Crippen LogP contribution is -2.70. The minimum atomic E-state index is -2.57. The van der Waals surface area contributed by atoms with Crippen molar-refractivity contribution in [3.05, 3.63) is 45.2 Å². The van der Waals surface area contributed by atoms with Crippen molar-refractivity contribution in [1.29, 1.82) is 0 Å². The molecule has 1 saturated carbocycles. The van der Waals surface area contributed by atoms with Gasteiger partial charge in [-0.3, -0.25) is 4.79 Å². The molecule has 3 aliphatic heterocycles. The predicted molar refractivity (Wildman–Crippen MR) is 117 cm³/mol. The van der Waals surface area contributed by atoms with Crippen LogP contribution in [-0.4, -0.2) is 92.4 Å². The number of aliphatic hydroxyl groups is 5. The zero-order chi connectivity index (χ0) is 26.4. The maximum absolute atomic E-state index is 13.6. The number of methoxy groups -OCH3 is 1. The molecular weight excluding hydrogens is 516 g/mol. The number of hydrogen-bond donors (Lipinski definition) is 5. The molecule has 3 aliphatic carbocycles. The molecular formula is C24H23ClO12. The Morgan fingerprint density at radius 2 is 1.81 bits per heavy atom. The van der Waals surface area contributed by atoms with Gasteiger partial charge in [0.2, 0.25) is 0 Å². The van der Waals surface area contributed by atoms with E-state index in [0.717, 1.165) is 7.11 Å². The van der Waals surface area contributed by atoms with E-state index < -0.39 is 83.3 Å². The van der Waals surface area contributed by atoms with Crippen LogP contribution in [-0.2, 0) is 38.9 Å². The van der Waals surface area contributed by atoms with Gasteiger partial charge in [0, 0.05) is 30.2 Å². The van der Waals surface area contributed by atoms with E-state index in [1.54, 1.807) is 0 Å². The van der Waals surface area contributed by atoms with Gasteiger partial charge in [0.25, 0.3) is 5.79 Å². The van der Waals surface area contributed by atoms with Crippen LogP contribution >= 0.6 is 11.6 Å². The van der Waals surface area contributed by atoms with E-state index >= 15 is 0 Å². The molecule has 0 amide bonds. The van der Waals surface area contributed by atoms with E-state index in [0.29, 0.717) is 0 Å². The highest BCUT2D eigenvalue weighted by atomic mass is 35.5. The molecule has 13 heteroatoms. The van der Waals surface area contributed by atoms with Gasteiger partial charge < -0.3 is 49.2 Å². The number of ketones is 1. The van der Waals surface area contributed by atoms with Crippen molar-refractivity contribution in [2.75, 3.05) is 13.7 Å². The molecule has 1 aromatic carbocycles. The van der Waals surface area contributed by atoms with E-state index in [1.807, 2.05) is 0 Å². The van der Waals surface area contributed by atoms with E-state index in [9.17, 15) is 35.1 Å². The number of esters is 1. The summed E-state index contributed by atoms with van der Waals surface area (Å²) in [6.45, 7) is 0.728. The number of carbonyl (C=O) groups is 2. The standard InChI is InChI=1S/C24H23ClO12/c1-7-15(29)21-18(33-2)19(31)34-6-10(26)8-3-4-9-13(14(8)25)22-11(27)5-12(28)23(22,16(9)30)35-17(7)24(32,37-22)20(21)36-21/h3-4,10-12,16,18,20,26-28,30,32H,5-6H2,1-2H3/t10-,11+,12+,16+,18-,20+,21+,22?,23?,24+/m0/s1. The fourth-order valence-corrected chi connectivity index (χ4v) is 7.59. The molecule has 0 aromatic heterocycles. The van der Waals surface area contributed by atoms with Gasteiger partial charge in [-0.15, -0.1) is 0 Å². The van der Waals surface area contributed by atoms with Gasteiger partial charge in [0.15, 0.2) is 40.6 Å². The maximum atomic E-state index is 13.6. The number of fused-ring (bicyclic) bond motifs is 1. The van der Waals surface area contributed by atoms with Gasteiger partial charge in [-0.05, 0) is 12.5 Å². The first-order chi connectivity index (χ1) is 17.4. The first kappa shape index (κ1) is 23.9. The number of carbonyl (C=O) groups excluding carboxylic acids is 2. The average Bonchev–Trinajstić information content (AvgIpc) is 3.52. The van der Waals surface area contributed by atoms with Crippen LogP contribution < -0.4 is 0 Å². The third-order valence-corrected chi connectivity index (χ3v) is 9.21. The summed E-state index contributed by atoms with van der Waals surface area (Å²) in [5.41, 5.74) is -6.36. The summed E-state index contributed by atoms with van der Waals surface area (Å²) in [6.07, 6.45) is -9.74. The fourth-order valence-electron chi connectivity index (χ4n) is 7.15. The lowest BCUT2D eigenvalue weighted by molar-refractivity contribution is -0.387. The summed E-state index contributed by atoms with van der Waals surface area (Å²) >= 11 is 6.76. The van der Waals surface area contributed by atoms with E-state index in [-0.39, 0.29) is 33.7 Å². The Hall–Kier alpha value is -2.13. The van der Waals surface area contributed by atoms with Gasteiger partial charge in [-0.25, -0.2) is 4.79 Å². The van der Waals surface area contributed by atoms with E-state index in [1.165, 1.54) is 19.1 Å². The highest BCUT2D eigenvalue weighted by Gasteiger charge is 2.88. The molecule has 1 spiro atoms. The molecule has 37 heavy (non-hydrogen) atoms. The number of aliphatic hydroxyl groups excluding tert-OH is 4. The van der Waals surface area contributed by atoms with Crippen LogP contribution in [0.15, 0.2) is 23.5 Å². The molecule has 3 fully saturated rings. The Bertz CT molecular complexity index is 1330. The van der Waals surface area contributed by atoms with Crippen molar-refractivity contribution in [3.63, 3.8) is 0 Å². The summed E-state index contributed by atoms with van der Waals surface area (Å²) in [7, 11) is 1.15. The number of Topliss-reactive ketones (excluding diaryl/α,β-unsaturated/α-hetero) is 1. The molecule has 10 atom stereocenters. The summed E-state index contributed by atoms with van der Waals surface area (Å²) in [6, 6.07) is 2.82. The Morgan fingerprint density at radius 1 is 1.11 bits per heavy atom. The number of hydrogen-bond acceptors (Lipinski definition) is 12. The van der Waals surface area contributed by atoms with Crippen molar-refractivity contribution < 1.29 is 58.8 Å². The van der Waals surface area contributed by atoms with Crippen LogP contribution in [0.25, 0.3) is 0 Å². The second-order valence-electron chi connectivity index (χ2n) is 10.4. The van der Waals surface area contributed by atoms with E-state index in [4.69, 9.17) is 35.3 Å². The van der Waals surface area contributed by atoms with Crippen LogP contribution in [0.4, 0.5) is 0 Å². The number of rotatable bonds is 1. The normalized spacial score (nSPS) is 49.1. The molecule has 2 saturated heterocycles. The molecule has 5 N–H and O–H groups in total. The summed E-state index contributed by atoms with van der Waals surface area (Å²) in [4.78, 5) is 26.6. The average molecular weight is 539 g/mol. The van der Waals surface area contributed by atoms with Gasteiger partial charge in [-0.1, -0.05) is 23.7 Å². The zero-order valence-corrected chi connectivity index (χ0v) is 20.3. The summed E-state index contributed by atoms with van der Waals surface area (Å²) < 4.78 is 28.8. The first-order valence-corrected chi connectivity index (χ1v) is 12.1. The molecule has 7 rings (SSSR count). The summed E-state index contributed by atoms with van der Waals surface area (Å²) in [5.74, 6) is -4.80. The van der Waals surface area contributed by atoms with Crippen molar-refractivity contribution in [2.45, 2.75) is 72.6 Å². The molecule has 0 radical (unpaired) electrons. The second kappa shape index (κ2) is 6.89. The zero-order valence-electron chi connectivity index (χ0n) is 19.5. The van der Waals surface area contributed by atoms with Crippen molar-refractivity contribution in [1.82, 2.24) is 0 Å². The lowest BCUT2D eigenvalue weighted by atomic mass is 9.75. The van der Waals surface area contributed by atoms with E-state index in [2.05, 4.69) is 0 Å². The lowest BCUT2D eigenvalue weighted by Gasteiger charge is -2.55. The number of ether oxygens (including phenoxy) is 5. The number of benzene rings is 1. The van der Waals surface area contributed by atoms with Crippen molar-refractivity contribution >= 4 is 23.4 Å². The predicted octanol–water partition coefficient (Wildman–Crippen LogP) is -1.22. The molecule has 6 aliphatic rings. The Labute approximate surface area is 213 Å². The van der Waals surface area contributed by atoms with Crippen LogP contribution in [0.2, 0.25) is 5.02 Å². The van der Waals surface area contributed by atoms with Crippen LogP contribution in [0.1, 0.15) is 42.2 Å². The summed E-state index contributed by atoms with van der Waals surface area (Å²) in [5, 5.41) is 56.9. The highest BCUT2D eigenvalue weighted by molar-refractivity contribution is 6.32. The molecule has 3 heterocycles. The third-order valence-electron chi connectivity index (χ3n) is 8.80. The monoisotopic (exact) mass is 538 g/mol. The molecule has 198 valence electrons. The molecule has 1 aromatic rings.